The average molecular weight is 351 g/mol. The van der Waals surface area contributed by atoms with Crippen LogP contribution in [0.2, 0.25) is 0 Å². The summed E-state index contributed by atoms with van der Waals surface area (Å²) in [5.74, 6) is -0.449. The van der Waals surface area contributed by atoms with Gasteiger partial charge in [-0.3, -0.25) is 14.4 Å². The molecule has 0 fully saturated rings. The molecule has 1 aliphatic heterocycles. The number of H-pyrrole nitrogens is 1. The highest BCUT2D eigenvalue weighted by Gasteiger charge is 2.29. The molecule has 0 unspecified atom stereocenters. The van der Waals surface area contributed by atoms with Crippen LogP contribution in [0.25, 0.3) is 0 Å². The molecule has 0 saturated carbocycles. The first-order valence-corrected chi connectivity index (χ1v) is 8.93. The summed E-state index contributed by atoms with van der Waals surface area (Å²) in [6, 6.07) is 9.43. The lowest BCUT2D eigenvalue weighted by Gasteiger charge is -2.31. The van der Waals surface area contributed by atoms with Gasteiger partial charge in [-0.1, -0.05) is 18.2 Å². The van der Waals surface area contributed by atoms with Crippen LogP contribution in [-0.4, -0.2) is 30.4 Å². The number of aromatic nitrogens is 1. The van der Waals surface area contributed by atoms with E-state index in [2.05, 4.69) is 10.3 Å². The Morgan fingerprint density at radius 3 is 2.92 bits per heavy atom. The summed E-state index contributed by atoms with van der Waals surface area (Å²) in [5, 5.41) is 2.85. The topological polar surface area (TPSA) is 82.3 Å². The summed E-state index contributed by atoms with van der Waals surface area (Å²) in [5.41, 5.74) is 3.72. The minimum absolute atomic E-state index is 0.0262. The zero-order valence-electron chi connectivity index (χ0n) is 14.7. The zero-order chi connectivity index (χ0) is 18.3. The maximum absolute atomic E-state index is 12.5. The highest BCUT2D eigenvalue weighted by Crippen LogP contribution is 2.34. The van der Waals surface area contributed by atoms with Crippen molar-refractivity contribution in [1.29, 1.82) is 0 Å². The second kappa shape index (κ2) is 6.44. The van der Waals surface area contributed by atoms with Crippen molar-refractivity contribution in [3.63, 3.8) is 0 Å². The van der Waals surface area contributed by atoms with Gasteiger partial charge in [0.25, 0.3) is 11.5 Å². The number of amides is 2. The van der Waals surface area contributed by atoms with Gasteiger partial charge in [-0.15, -0.1) is 0 Å². The molecular weight excluding hydrogens is 330 g/mol. The third-order valence-electron chi connectivity index (χ3n) is 5.37. The van der Waals surface area contributed by atoms with Crippen molar-refractivity contribution >= 4 is 17.5 Å². The van der Waals surface area contributed by atoms with Crippen LogP contribution in [0, 0.1) is 0 Å². The molecule has 1 atom stereocenters. The molecule has 1 aromatic heterocycles. The molecule has 0 bridgehead atoms. The van der Waals surface area contributed by atoms with Crippen molar-refractivity contribution in [3.05, 3.63) is 63.1 Å². The lowest BCUT2D eigenvalue weighted by molar-refractivity contribution is -0.119. The fourth-order valence-corrected chi connectivity index (χ4v) is 3.91. The van der Waals surface area contributed by atoms with E-state index < -0.39 is 0 Å². The van der Waals surface area contributed by atoms with Crippen molar-refractivity contribution in [1.82, 2.24) is 10.3 Å². The van der Waals surface area contributed by atoms with E-state index in [4.69, 9.17) is 0 Å². The number of pyridine rings is 1. The number of hydrogen-bond donors (Lipinski definition) is 2. The molecule has 0 saturated heterocycles. The number of fused-ring (bicyclic) bond motifs is 2. The first-order chi connectivity index (χ1) is 12.5. The Morgan fingerprint density at radius 2 is 2.08 bits per heavy atom. The predicted octanol–water partition coefficient (Wildman–Crippen LogP) is 1.74. The Balaban J connectivity index is 1.53. The van der Waals surface area contributed by atoms with Crippen LogP contribution in [0.4, 0.5) is 5.69 Å². The van der Waals surface area contributed by atoms with Gasteiger partial charge < -0.3 is 15.2 Å². The number of nitrogens with one attached hydrogen (secondary N) is 2. The minimum atomic E-state index is -0.384. The van der Waals surface area contributed by atoms with Crippen molar-refractivity contribution in [2.24, 2.45) is 0 Å². The molecule has 2 aromatic rings. The lowest BCUT2D eigenvalue weighted by atomic mass is 9.89. The summed E-state index contributed by atoms with van der Waals surface area (Å²) in [6.45, 7) is 0.325. The number of nitrogens with zero attached hydrogens (tertiary/aromatic N) is 1. The van der Waals surface area contributed by atoms with Crippen LogP contribution >= 0.6 is 0 Å². The van der Waals surface area contributed by atoms with E-state index in [1.165, 1.54) is 0 Å². The van der Waals surface area contributed by atoms with Crippen LogP contribution in [0.3, 0.4) is 0 Å². The Labute approximate surface area is 151 Å². The summed E-state index contributed by atoms with van der Waals surface area (Å²) >= 11 is 0. The Kier molecular flexibility index (Phi) is 4.11. The number of aryl methyl sites for hydroxylation is 2. The normalized spacial score (nSPS) is 18.4. The molecule has 2 aliphatic rings. The molecule has 6 heteroatoms. The molecule has 0 radical (unpaired) electrons. The van der Waals surface area contributed by atoms with Gasteiger partial charge in [0, 0.05) is 37.3 Å². The molecule has 1 aliphatic carbocycles. The number of carbonyl (C=O) groups is 2. The predicted molar refractivity (Wildman–Crippen MR) is 98.6 cm³/mol. The zero-order valence-corrected chi connectivity index (χ0v) is 14.7. The van der Waals surface area contributed by atoms with E-state index in [0.29, 0.717) is 13.0 Å². The summed E-state index contributed by atoms with van der Waals surface area (Å²) < 4.78 is 0. The van der Waals surface area contributed by atoms with E-state index in [-0.39, 0.29) is 28.9 Å². The van der Waals surface area contributed by atoms with Gasteiger partial charge in [0.15, 0.2) is 0 Å². The molecule has 2 amide bonds. The fourth-order valence-electron chi connectivity index (χ4n) is 3.91. The third-order valence-corrected chi connectivity index (χ3v) is 5.37. The number of aromatic amines is 1. The van der Waals surface area contributed by atoms with Gasteiger partial charge in [-0.2, -0.15) is 0 Å². The van der Waals surface area contributed by atoms with Crippen LogP contribution in [0.1, 0.15) is 45.9 Å². The van der Waals surface area contributed by atoms with Crippen LogP contribution < -0.4 is 15.8 Å². The average Bonchev–Trinajstić information content (AvgIpc) is 3.09. The Hall–Kier alpha value is -2.89. The van der Waals surface area contributed by atoms with E-state index in [0.717, 1.165) is 41.8 Å². The monoisotopic (exact) mass is 351 g/mol. The van der Waals surface area contributed by atoms with Gasteiger partial charge in [-0.25, -0.2) is 0 Å². The molecular formula is C20H21N3O3. The Morgan fingerprint density at radius 1 is 1.27 bits per heavy atom. The third kappa shape index (κ3) is 2.81. The first-order valence-electron chi connectivity index (χ1n) is 8.93. The summed E-state index contributed by atoms with van der Waals surface area (Å²) in [7, 11) is 1.76. The van der Waals surface area contributed by atoms with Crippen LogP contribution in [-0.2, 0) is 17.6 Å². The first kappa shape index (κ1) is 16.6. The molecule has 26 heavy (non-hydrogen) atoms. The van der Waals surface area contributed by atoms with Crippen molar-refractivity contribution in [2.75, 3.05) is 18.5 Å². The van der Waals surface area contributed by atoms with E-state index >= 15 is 0 Å². The highest BCUT2D eigenvalue weighted by atomic mass is 16.2. The Bertz CT molecular complexity index is 948. The van der Waals surface area contributed by atoms with Crippen molar-refractivity contribution in [2.45, 2.75) is 31.6 Å². The lowest BCUT2D eigenvalue weighted by Crippen LogP contribution is -2.38. The van der Waals surface area contributed by atoms with Crippen LogP contribution in [0.5, 0.6) is 0 Å². The van der Waals surface area contributed by atoms with Crippen molar-refractivity contribution < 1.29 is 9.59 Å². The number of benzene rings is 1. The molecule has 4 rings (SSSR count). The number of anilines is 1. The van der Waals surface area contributed by atoms with Gasteiger partial charge in [-0.05, 0) is 42.5 Å². The minimum Gasteiger partial charge on any atom is -0.351 e. The van der Waals surface area contributed by atoms with Gasteiger partial charge in [0.2, 0.25) is 5.91 Å². The number of carbonyl (C=O) groups excluding carboxylic acids is 2. The quantitative estimate of drug-likeness (QED) is 0.884. The number of rotatable bonds is 3. The van der Waals surface area contributed by atoms with Crippen molar-refractivity contribution in [3.8, 4) is 0 Å². The maximum atomic E-state index is 12.5. The smallest absolute Gasteiger partial charge is 0.261 e. The molecule has 2 N–H and O–H groups in total. The molecule has 2 heterocycles. The molecule has 0 spiro atoms. The van der Waals surface area contributed by atoms with Gasteiger partial charge >= 0.3 is 0 Å². The van der Waals surface area contributed by atoms with Crippen LogP contribution in [0.15, 0.2) is 35.1 Å². The largest absolute Gasteiger partial charge is 0.351 e. The van der Waals surface area contributed by atoms with E-state index in [1.54, 1.807) is 18.0 Å². The molecule has 1 aromatic carbocycles. The highest BCUT2D eigenvalue weighted by molar-refractivity contribution is 5.97. The number of hydrogen-bond acceptors (Lipinski definition) is 3. The van der Waals surface area contributed by atoms with E-state index in [9.17, 15) is 14.4 Å². The van der Waals surface area contributed by atoms with Gasteiger partial charge in [0.1, 0.15) is 5.56 Å². The molecule has 134 valence electrons. The second-order valence-electron chi connectivity index (χ2n) is 6.99. The van der Waals surface area contributed by atoms with E-state index in [1.807, 2.05) is 24.3 Å². The summed E-state index contributed by atoms with van der Waals surface area (Å²) in [6.07, 6.45) is 3.10. The SMILES string of the molecule is CN1C(=O)C[C@H](CNC(=O)c2cc3c([nH]c2=O)CCC3)c2ccccc21. The standard InChI is InChI=1S/C20H21N3O3/c1-23-17-8-3-2-6-14(17)13(10-18(23)24)11-21-19(25)15-9-12-5-4-7-16(12)22-20(15)26/h2-3,6,8-9,13H,4-5,7,10-11H2,1H3,(H,21,25)(H,22,26)/t13-/m1/s1. The second-order valence-corrected chi connectivity index (χ2v) is 6.99. The van der Waals surface area contributed by atoms with Gasteiger partial charge in [0.05, 0.1) is 0 Å². The fraction of sp³-hybridized carbons (Fsp3) is 0.350. The molecule has 6 nitrogen and oxygen atoms in total. The maximum Gasteiger partial charge on any atom is 0.261 e. The summed E-state index contributed by atoms with van der Waals surface area (Å²) in [4.78, 5) is 41.4. The number of para-hydroxylation sites is 1.